The van der Waals surface area contributed by atoms with E-state index in [1.54, 1.807) is 22.8 Å². The molecule has 8 nitrogen and oxygen atoms in total. The first-order valence-corrected chi connectivity index (χ1v) is 10.6. The fraction of sp³-hybridized carbons (Fsp3) is 0.261. The van der Waals surface area contributed by atoms with E-state index in [1.165, 1.54) is 12.1 Å². The van der Waals surface area contributed by atoms with Crippen molar-refractivity contribution in [2.24, 2.45) is 0 Å². The summed E-state index contributed by atoms with van der Waals surface area (Å²) in [6, 6.07) is 13.9. The molecule has 2 aromatic carbocycles. The number of rotatable bonds is 4. The second kappa shape index (κ2) is 9.74. The number of aromatic amines is 1. The van der Waals surface area contributed by atoms with Crippen LogP contribution in [0.2, 0.25) is 0 Å². The van der Waals surface area contributed by atoms with Crippen molar-refractivity contribution in [1.29, 1.82) is 0 Å². The van der Waals surface area contributed by atoms with Crippen molar-refractivity contribution >= 4 is 17.1 Å². The smallest absolute Gasteiger partial charge is 0.475 e. The Hall–Kier alpha value is -3.93. The molecule has 1 aliphatic heterocycles. The van der Waals surface area contributed by atoms with Crippen molar-refractivity contribution in [2.75, 3.05) is 13.1 Å². The van der Waals surface area contributed by atoms with Gasteiger partial charge in [0.15, 0.2) is 5.58 Å². The molecule has 35 heavy (non-hydrogen) atoms. The lowest BCUT2D eigenvalue weighted by atomic mass is 10.0. The first kappa shape index (κ1) is 24.2. The molecule has 0 aliphatic carbocycles. The summed E-state index contributed by atoms with van der Waals surface area (Å²) >= 11 is 0. The molecule has 12 heteroatoms. The van der Waals surface area contributed by atoms with Crippen molar-refractivity contribution < 1.29 is 31.9 Å². The van der Waals surface area contributed by atoms with Gasteiger partial charge in [0.1, 0.15) is 5.82 Å². The molecule has 1 aliphatic rings. The zero-order chi connectivity index (χ0) is 25.2. The van der Waals surface area contributed by atoms with E-state index in [2.05, 4.69) is 15.1 Å². The lowest BCUT2D eigenvalue weighted by Gasteiger charge is -2.27. The molecule has 0 fully saturated rings. The Bertz CT molecular complexity index is 1390. The number of hydrogen-bond donors (Lipinski definition) is 2. The number of para-hydroxylation sites is 2. The number of hydrogen-bond acceptors (Lipinski definition) is 5. The lowest BCUT2D eigenvalue weighted by molar-refractivity contribution is -0.192. The number of alkyl halides is 3. The van der Waals surface area contributed by atoms with Crippen LogP contribution in [0.3, 0.4) is 0 Å². The predicted octanol–water partition coefficient (Wildman–Crippen LogP) is 3.82. The first-order chi connectivity index (χ1) is 16.6. The maximum Gasteiger partial charge on any atom is 0.490 e. The van der Waals surface area contributed by atoms with Gasteiger partial charge in [0.2, 0.25) is 0 Å². The Morgan fingerprint density at radius 2 is 1.80 bits per heavy atom. The number of carboxylic acids is 1. The third-order valence-electron chi connectivity index (χ3n) is 5.59. The van der Waals surface area contributed by atoms with Crippen LogP contribution in [0.1, 0.15) is 11.3 Å². The summed E-state index contributed by atoms with van der Waals surface area (Å²) in [5, 5.41) is 14.7. The molecule has 3 heterocycles. The summed E-state index contributed by atoms with van der Waals surface area (Å²) in [6.07, 6.45) is -4.22. The van der Waals surface area contributed by atoms with E-state index in [4.69, 9.17) is 14.3 Å². The Morgan fingerprint density at radius 1 is 1.11 bits per heavy atom. The van der Waals surface area contributed by atoms with E-state index in [0.29, 0.717) is 12.1 Å². The minimum absolute atomic E-state index is 0.257. The summed E-state index contributed by atoms with van der Waals surface area (Å²) in [6.45, 7) is 2.93. The van der Waals surface area contributed by atoms with Gasteiger partial charge in [-0.15, -0.1) is 0 Å². The second-order valence-corrected chi connectivity index (χ2v) is 7.85. The van der Waals surface area contributed by atoms with Crippen molar-refractivity contribution in [3.8, 4) is 11.3 Å². The van der Waals surface area contributed by atoms with Gasteiger partial charge in [0.25, 0.3) is 0 Å². The van der Waals surface area contributed by atoms with E-state index in [0.717, 1.165) is 54.1 Å². The number of nitrogens with one attached hydrogen (secondary N) is 1. The normalized spacial score (nSPS) is 13.8. The highest BCUT2D eigenvalue weighted by Crippen LogP contribution is 2.28. The molecule has 2 N–H and O–H groups in total. The van der Waals surface area contributed by atoms with Crippen LogP contribution in [0.25, 0.3) is 22.4 Å². The van der Waals surface area contributed by atoms with Crippen LogP contribution in [0.4, 0.5) is 17.6 Å². The number of halogens is 4. The van der Waals surface area contributed by atoms with Crippen LogP contribution >= 0.6 is 0 Å². The Balaban J connectivity index is 0.000000364. The number of benzene rings is 2. The fourth-order valence-corrected chi connectivity index (χ4v) is 3.86. The standard InChI is InChI=1S/C21H19FN4O2.C2HF3O2/c22-15-7-5-14(6-8-15)20-16-13-25(10-9-17(16)23-24-20)11-12-26-18-3-1-2-4-19(18)28-21(26)27;3-2(4,5)1(6)7/h1-8H,9-13H2,(H,23,24);(H,6,7). The van der Waals surface area contributed by atoms with Crippen molar-refractivity contribution in [3.63, 3.8) is 0 Å². The zero-order valence-electron chi connectivity index (χ0n) is 18.2. The molecule has 0 radical (unpaired) electrons. The number of H-pyrrole nitrogens is 1. The molecule has 0 saturated heterocycles. The zero-order valence-corrected chi connectivity index (χ0v) is 18.2. The van der Waals surface area contributed by atoms with E-state index in [9.17, 15) is 22.4 Å². The van der Waals surface area contributed by atoms with Crippen LogP contribution in [0.15, 0.2) is 57.7 Å². The highest BCUT2D eigenvalue weighted by Gasteiger charge is 2.38. The Kier molecular flexibility index (Phi) is 6.74. The minimum Gasteiger partial charge on any atom is -0.475 e. The van der Waals surface area contributed by atoms with Gasteiger partial charge in [-0.1, -0.05) is 12.1 Å². The third kappa shape index (κ3) is 5.43. The number of fused-ring (bicyclic) bond motifs is 2. The highest BCUT2D eigenvalue weighted by molar-refractivity contribution is 5.73. The van der Waals surface area contributed by atoms with Gasteiger partial charge in [0.05, 0.1) is 11.2 Å². The van der Waals surface area contributed by atoms with Crippen LogP contribution in [0.5, 0.6) is 0 Å². The summed E-state index contributed by atoms with van der Waals surface area (Å²) < 4.78 is 52.0. The molecule has 0 bridgehead atoms. The summed E-state index contributed by atoms with van der Waals surface area (Å²) in [5.41, 5.74) is 5.47. The van der Waals surface area contributed by atoms with E-state index >= 15 is 0 Å². The molecule has 0 saturated carbocycles. The van der Waals surface area contributed by atoms with Gasteiger partial charge in [-0.2, -0.15) is 18.3 Å². The highest BCUT2D eigenvalue weighted by atomic mass is 19.4. The van der Waals surface area contributed by atoms with Crippen molar-refractivity contribution in [3.05, 3.63) is 76.2 Å². The predicted molar refractivity (Wildman–Crippen MR) is 117 cm³/mol. The first-order valence-electron chi connectivity index (χ1n) is 10.6. The molecule has 0 unspecified atom stereocenters. The van der Waals surface area contributed by atoms with E-state index in [1.807, 2.05) is 18.2 Å². The number of oxazole rings is 1. The third-order valence-corrected chi connectivity index (χ3v) is 5.59. The number of nitrogens with zero attached hydrogens (tertiary/aromatic N) is 3. The van der Waals surface area contributed by atoms with Gasteiger partial charge < -0.3 is 9.52 Å². The van der Waals surface area contributed by atoms with E-state index < -0.39 is 12.1 Å². The quantitative estimate of drug-likeness (QED) is 0.420. The SMILES string of the molecule is O=C(O)C(F)(F)F.O=c1oc2ccccc2n1CCN1CCc2[nH]nc(-c3ccc(F)cc3)c2C1. The van der Waals surface area contributed by atoms with Gasteiger partial charge >= 0.3 is 17.9 Å². The molecule has 4 aromatic rings. The lowest BCUT2D eigenvalue weighted by Crippen LogP contribution is -2.34. The van der Waals surface area contributed by atoms with Gasteiger partial charge in [-0.05, 0) is 36.4 Å². The number of carbonyl (C=O) groups is 1. The van der Waals surface area contributed by atoms with Crippen molar-refractivity contribution in [1.82, 2.24) is 19.7 Å². The molecular weight excluding hydrogens is 472 g/mol. The summed E-state index contributed by atoms with van der Waals surface area (Å²) in [5.74, 6) is -3.34. The Labute approximate surface area is 195 Å². The van der Waals surface area contributed by atoms with Crippen LogP contribution in [-0.2, 0) is 24.3 Å². The van der Waals surface area contributed by atoms with Crippen molar-refractivity contribution in [2.45, 2.75) is 25.7 Å². The maximum absolute atomic E-state index is 13.2. The average Bonchev–Trinajstić information content (AvgIpc) is 3.38. The number of aliphatic carboxylic acids is 1. The monoisotopic (exact) mass is 492 g/mol. The molecular formula is C23H20F4N4O4. The van der Waals surface area contributed by atoms with Crippen LogP contribution in [0, 0.1) is 5.82 Å². The van der Waals surface area contributed by atoms with E-state index in [-0.39, 0.29) is 11.6 Å². The minimum atomic E-state index is -5.08. The fourth-order valence-electron chi connectivity index (χ4n) is 3.86. The van der Waals surface area contributed by atoms with Crippen LogP contribution in [-0.4, -0.2) is 50.0 Å². The largest absolute Gasteiger partial charge is 0.490 e. The molecule has 2 aromatic heterocycles. The molecule has 0 amide bonds. The second-order valence-electron chi connectivity index (χ2n) is 7.85. The van der Waals surface area contributed by atoms with Gasteiger partial charge in [-0.3, -0.25) is 14.6 Å². The Morgan fingerprint density at radius 3 is 2.49 bits per heavy atom. The number of carboxylic acid groups (broad SMARTS) is 1. The topological polar surface area (TPSA) is 104 Å². The molecule has 184 valence electrons. The maximum atomic E-state index is 13.2. The molecule has 0 atom stereocenters. The summed E-state index contributed by atoms with van der Waals surface area (Å²) in [7, 11) is 0. The van der Waals surface area contributed by atoms with Gasteiger partial charge in [0, 0.05) is 49.4 Å². The molecule has 5 rings (SSSR count). The average molecular weight is 492 g/mol. The molecule has 0 spiro atoms. The number of aromatic nitrogens is 3. The van der Waals surface area contributed by atoms with Gasteiger partial charge in [-0.25, -0.2) is 14.0 Å². The summed E-state index contributed by atoms with van der Waals surface area (Å²) in [4.78, 5) is 23.4. The van der Waals surface area contributed by atoms with Crippen LogP contribution < -0.4 is 5.76 Å².